The topological polar surface area (TPSA) is 189 Å². The molecule has 15 aromatic rings. The van der Waals surface area contributed by atoms with Crippen LogP contribution in [0.25, 0.3) is 110 Å². The molecule has 0 spiro atoms. The summed E-state index contributed by atoms with van der Waals surface area (Å²) >= 11 is 0. The summed E-state index contributed by atoms with van der Waals surface area (Å²) in [5.74, 6) is 0.422. The van der Waals surface area contributed by atoms with E-state index >= 15 is 0 Å². The molecule has 0 aliphatic rings. The molecule has 0 fully saturated rings. The van der Waals surface area contributed by atoms with Gasteiger partial charge in [-0.3, -0.25) is 19.4 Å². The second-order valence-corrected chi connectivity index (χ2v) is 21.8. The predicted molar refractivity (Wildman–Crippen MR) is 390 cm³/mol. The molecule has 12 nitrogen and oxygen atoms in total. The molecule has 0 aliphatic heterocycles. The van der Waals surface area contributed by atoms with E-state index in [2.05, 4.69) is 164 Å². The molecule has 0 saturated carbocycles. The summed E-state index contributed by atoms with van der Waals surface area (Å²) in [5.41, 5.74) is 7.44. The Morgan fingerprint density at radius 1 is 0.356 bits per heavy atom. The van der Waals surface area contributed by atoms with E-state index in [1.54, 1.807) is 55.2 Å². The summed E-state index contributed by atoms with van der Waals surface area (Å²) in [6.45, 7) is 7.17. The standard InChI is InChI=1S/2C19H12N.C14H9N2.C13H8NO.C10H10O2.2C5H8O2.4Ir/c2*1-2-7-16-13-17(10-9-14(16)5-1)19-18-8-4-3-6-15(18)11-12-20-19;1-2-4-13-11(3-1)7-10-16-14(13)12-5-8-15-9-6-12;1-2-5-11-10(4-1)7-8-14-13(11)12-6-3-9-15-12;1-8(11)7-10(12)9-5-3-2-4-6-9;2*1-4(6)3-5(2)7;;;;/h2*1-9,11-13H;1-5,7-10H;1-5,7-9H;2-7,11H,1H3;2*3,6H,1-2H3;;;;/q4*-1;;;;;;;. The third-order valence-electron chi connectivity index (χ3n) is 14.3. The minimum atomic E-state index is -0.171. The van der Waals surface area contributed by atoms with E-state index in [9.17, 15) is 14.4 Å². The summed E-state index contributed by atoms with van der Waals surface area (Å²) in [5, 5.41) is 39.7. The number of aromatic nitrogens is 5. The van der Waals surface area contributed by atoms with Crippen molar-refractivity contribution in [3.8, 4) is 45.2 Å². The first kappa shape index (κ1) is 81.5. The summed E-state index contributed by atoms with van der Waals surface area (Å²) in [4.78, 5) is 53.1. The maximum absolute atomic E-state index is 11.2. The van der Waals surface area contributed by atoms with Gasteiger partial charge in [0, 0.05) is 140 Å². The molecule has 4 radical (unpaired) electrons. The van der Waals surface area contributed by atoms with Gasteiger partial charge in [-0.25, -0.2) is 0 Å². The van der Waals surface area contributed by atoms with Crippen molar-refractivity contribution in [1.29, 1.82) is 0 Å². The zero-order valence-electron chi connectivity index (χ0n) is 55.3. The smallest absolute Gasteiger partial charge is 0.189 e. The van der Waals surface area contributed by atoms with Gasteiger partial charge in [-0.2, -0.15) is 11.6 Å². The number of aliphatic hydroxyl groups is 3. The number of furan rings is 1. The summed E-state index contributed by atoms with van der Waals surface area (Å²) in [6, 6.07) is 91.4. The van der Waals surface area contributed by atoms with Crippen LogP contribution in [0.3, 0.4) is 0 Å². The number of hydrogen-bond acceptors (Lipinski definition) is 12. The summed E-state index contributed by atoms with van der Waals surface area (Å²) < 4.78 is 5.31. The molecule has 6 heterocycles. The minimum absolute atomic E-state index is 0. The predicted octanol–water partition coefficient (Wildman–Crippen LogP) is 20.5. The van der Waals surface area contributed by atoms with Crippen molar-refractivity contribution < 1.29 is 115 Å². The van der Waals surface area contributed by atoms with Gasteiger partial charge >= 0.3 is 0 Å². The van der Waals surface area contributed by atoms with Crippen molar-refractivity contribution in [1.82, 2.24) is 24.9 Å². The molecule has 0 amide bonds. The van der Waals surface area contributed by atoms with E-state index < -0.39 is 0 Å². The second kappa shape index (κ2) is 42.0. The van der Waals surface area contributed by atoms with Crippen LogP contribution in [0.4, 0.5) is 0 Å². The largest absolute Gasteiger partial charge is 0.545 e. The number of hydrogen-bond donors (Lipinski definition) is 3. The van der Waals surface area contributed by atoms with Crippen LogP contribution in [0.2, 0.25) is 0 Å². The Bertz CT molecular complexity index is 5030. The molecule has 514 valence electrons. The van der Waals surface area contributed by atoms with E-state index in [-0.39, 0.29) is 115 Å². The van der Waals surface area contributed by atoms with Crippen molar-refractivity contribution >= 4 is 82.0 Å². The number of allylic oxidation sites excluding steroid dienone is 6. The fraction of sp³-hybridized carbons (Fsp3) is 0.0588. The zero-order chi connectivity index (χ0) is 68.3. The van der Waals surface area contributed by atoms with Gasteiger partial charge in [0.2, 0.25) is 0 Å². The molecule has 0 atom stereocenters. The average molecular weight is 2040 g/mol. The fourth-order valence-electron chi connectivity index (χ4n) is 10.1. The van der Waals surface area contributed by atoms with Gasteiger partial charge in [0.15, 0.2) is 17.3 Å². The second-order valence-electron chi connectivity index (χ2n) is 21.8. The summed E-state index contributed by atoms with van der Waals surface area (Å²) in [7, 11) is 0. The molecule has 101 heavy (non-hydrogen) atoms. The maximum atomic E-state index is 11.2. The van der Waals surface area contributed by atoms with Crippen LogP contribution >= 0.6 is 0 Å². The van der Waals surface area contributed by atoms with Gasteiger partial charge in [0.1, 0.15) is 0 Å². The Morgan fingerprint density at radius 2 is 0.703 bits per heavy atom. The van der Waals surface area contributed by atoms with Gasteiger partial charge in [0.25, 0.3) is 0 Å². The number of rotatable bonds is 8. The molecule has 16 heteroatoms. The van der Waals surface area contributed by atoms with Gasteiger partial charge < -0.3 is 39.7 Å². The van der Waals surface area contributed by atoms with Crippen molar-refractivity contribution in [2.24, 2.45) is 0 Å². The van der Waals surface area contributed by atoms with Crippen LogP contribution in [-0.2, 0) is 90.0 Å². The van der Waals surface area contributed by atoms with Crippen molar-refractivity contribution in [3.05, 3.63) is 345 Å². The minimum Gasteiger partial charge on any atom is -0.545 e. The van der Waals surface area contributed by atoms with Crippen molar-refractivity contribution in [3.63, 3.8) is 0 Å². The maximum Gasteiger partial charge on any atom is 0.189 e. The third kappa shape index (κ3) is 24.3. The molecule has 3 N–H and O–H groups in total. The van der Waals surface area contributed by atoms with Gasteiger partial charge in [-0.1, -0.05) is 187 Å². The van der Waals surface area contributed by atoms with E-state index in [1.807, 2.05) is 110 Å². The fourth-order valence-corrected chi connectivity index (χ4v) is 10.1. The van der Waals surface area contributed by atoms with Crippen LogP contribution in [0.15, 0.2) is 320 Å². The molecule has 0 aliphatic carbocycles. The SMILES string of the molecule is CC(=O)C=C(C)O.CC(=O)C=C(C)O.CC(O)=CC(=O)c1ccccc1.[Ir].[Ir].[Ir].[Ir].[c-]1cc2ccccc2cc1-c1nccc2ccccc12.[c-]1cc2ccccc2cc1-c1nccc2ccccc12.[c-]1ccoc1-c1nccc2ccccc12.[c-]1cnccc1-c1nccc2ccccc12. The first-order valence-corrected chi connectivity index (χ1v) is 30.9. The molecule has 6 aromatic heterocycles. The third-order valence-corrected chi connectivity index (χ3v) is 14.3. The first-order valence-electron chi connectivity index (χ1n) is 30.9. The van der Waals surface area contributed by atoms with Crippen LogP contribution in [0.5, 0.6) is 0 Å². The zero-order valence-corrected chi connectivity index (χ0v) is 64.9. The average Bonchev–Trinajstić information content (AvgIpc) is 1.74. The van der Waals surface area contributed by atoms with E-state index in [0.29, 0.717) is 11.3 Å². The Kier molecular flexibility index (Phi) is 33.9. The van der Waals surface area contributed by atoms with Gasteiger partial charge in [-0.05, 0) is 138 Å². The van der Waals surface area contributed by atoms with Crippen LogP contribution in [0, 0.1) is 24.3 Å². The monoisotopic (exact) mass is 2040 g/mol. The van der Waals surface area contributed by atoms with E-state index in [0.717, 1.165) is 55.6 Å². The number of carbonyl (C=O) groups excluding carboxylic acids is 3. The molecule has 15 rings (SSSR count). The van der Waals surface area contributed by atoms with Crippen LogP contribution < -0.4 is 0 Å². The van der Waals surface area contributed by atoms with Crippen molar-refractivity contribution in [2.75, 3.05) is 0 Å². The van der Waals surface area contributed by atoms with Gasteiger partial charge in [-0.15, -0.1) is 76.5 Å². The number of ketones is 3. The number of carbonyl (C=O) groups is 3. The van der Waals surface area contributed by atoms with Gasteiger partial charge in [0.05, 0.1) is 17.3 Å². The van der Waals surface area contributed by atoms with E-state index in [1.165, 1.54) is 101 Å². The summed E-state index contributed by atoms with van der Waals surface area (Å²) in [6.07, 6.45) is 15.9. The first-order chi connectivity index (χ1) is 47.2. The quantitative estimate of drug-likeness (QED) is 0.0566. The number of aliphatic hydroxyl groups excluding tert-OH is 3. The van der Waals surface area contributed by atoms with E-state index in [4.69, 9.17) is 19.7 Å². The molecular formula is C85H67Ir4N5O7-4. The van der Waals surface area contributed by atoms with Crippen molar-refractivity contribution in [2.45, 2.75) is 34.6 Å². The molecule has 0 unspecified atom stereocenters. The Balaban J connectivity index is 0.000000217. The molecule has 0 bridgehead atoms. The molecule has 9 aromatic carbocycles. The Morgan fingerprint density at radius 3 is 1.05 bits per heavy atom. The number of pyridine rings is 5. The number of fused-ring (bicyclic) bond motifs is 6. The normalized spacial score (nSPS) is 10.5. The Labute approximate surface area is 641 Å². The molecular weight excluding hydrogens is 1970 g/mol. The van der Waals surface area contributed by atoms with Crippen LogP contribution in [-0.4, -0.2) is 57.6 Å². The van der Waals surface area contributed by atoms with Crippen LogP contribution in [0.1, 0.15) is 45.0 Å². The Hall–Kier alpha value is -10.2. The molecule has 0 saturated heterocycles. The number of nitrogens with zero attached hydrogens (tertiary/aromatic N) is 5. The number of benzene rings is 9.